The normalized spacial score (nSPS) is 14.5. The molecular formula is C27H27FN6O3. The van der Waals surface area contributed by atoms with Gasteiger partial charge in [-0.15, -0.1) is 10.2 Å². The number of nitrogens with zero attached hydrogens (tertiary/aromatic N) is 4. The number of hydrogen-bond acceptors (Lipinski definition) is 7. The van der Waals surface area contributed by atoms with Crippen LogP contribution >= 0.6 is 0 Å². The molecule has 1 amide bonds. The zero-order valence-electron chi connectivity index (χ0n) is 20.5. The molecule has 0 bridgehead atoms. The lowest BCUT2D eigenvalue weighted by Crippen LogP contribution is -2.38. The van der Waals surface area contributed by atoms with Gasteiger partial charge in [0.25, 0.3) is 5.91 Å². The molecular weight excluding hydrogens is 475 g/mol. The van der Waals surface area contributed by atoms with Crippen LogP contribution in [-0.4, -0.2) is 44.9 Å². The summed E-state index contributed by atoms with van der Waals surface area (Å²) in [5.74, 6) is 0.0561. The topological polar surface area (TPSA) is 103 Å². The number of nitrogens with one attached hydrogen (secondary N) is 2. The second-order valence-electron chi connectivity index (χ2n) is 8.96. The lowest BCUT2D eigenvalue weighted by molar-refractivity contribution is 0.0889. The molecule has 3 heterocycles. The van der Waals surface area contributed by atoms with E-state index in [1.807, 2.05) is 48.7 Å². The second kappa shape index (κ2) is 10.8. The predicted molar refractivity (Wildman–Crippen MR) is 136 cm³/mol. The molecule has 2 aromatic carbocycles. The number of carbonyl (C=O) groups excluding carboxylic acids is 1. The van der Waals surface area contributed by atoms with Crippen molar-refractivity contribution in [2.75, 3.05) is 18.5 Å². The highest BCUT2D eigenvalue weighted by Gasteiger charge is 2.25. The van der Waals surface area contributed by atoms with Crippen LogP contribution in [0, 0.1) is 5.82 Å². The van der Waals surface area contributed by atoms with E-state index in [2.05, 4.69) is 25.8 Å². The first-order valence-electron chi connectivity index (χ1n) is 12.0. The van der Waals surface area contributed by atoms with E-state index in [4.69, 9.17) is 9.47 Å². The predicted octanol–water partition coefficient (Wildman–Crippen LogP) is 4.24. The smallest absolute Gasteiger partial charge is 0.259 e. The third kappa shape index (κ3) is 5.59. The van der Waals surface area contributed by atoms with Gasteiger partial charge in [0.1, 0.15) is 36.4 Å². The highest BCUT2D eigenvalue weighted by atomic mass is 19.1. The van der Waals surface area contributed by atoms with Gasteiger partial charge in [-0.2, -0.15) is 0 Å². The fourth-order valence-corrected chi connectivity index (χ4v) is 4.00. The van der Waals surface area contributed by atoms with Crippen LogP contribution in [0.2, 0.25) is 0 Å². The first-order chi connectivity index (χ1) is 18.0. The lowest BCUT2D eigenvalue weighted by Gasteiger charge is -2.27. The molecule has 1 atom stereocenters. The number of aromatic nitrogens is 4. The molecule has 1 aliphatic rings. The number of ether oxygens (including phenoxy) is 2. The molecule has 0 saturated carbocycles. The van der Waals surface area contributed by atoms with Crippen LogP contribution in [0.15, 0.2) is 67.0 Å². The average Bonchev–Trinajstić information content (AvgIpc) is 3.40. The third-order valence-corrected chi connectivity index (χ3v) is 5.89. The molecule has 0 aliphatic carbocycles. The summed E-state index contributed by atoms with van der Waals surface area (Å²) in [6.07, 6.45) is 1.34. The van der Waals surface area contributed by atoms with Gasteiger partial charge in [0, 0.05) is 25.2 Å². The maximum absolute atomic E-state index is 14.9. The average molecular weight is 503 g/mol. The number of rotatable bonds is 8. The van der Waals surface area contributed by atoms with Crippen LogP contribution in [-0.2, 0) is 6.54 Å². The van der Waals surface area contributed by atoms with Crippen molar-refractivity contribution >= 4 is 11.7 Å². The van der Waals surface area contributed by atoms with Gasteiger partial charge >= 0.3 is 0 Å². The standard InChI is InChI=1S/C27H27FN6O3/c1-17(2)34-16-30-33-26(34)22-9-6-10-25(31-22)32-27(35)20-11-23-24(12-21(20)28)37-19(15-36-23)14-29-13-18-7-4-3-5-8-18/h3-12,16-17,19,29H,13-15H2,1-2H3,(H,31,32,35). The molecule has 0 fully saturated rings. The van der Waals surface area contributed by atoms with Gasteiger partial charge in [0.05, 0.1) is 5.56 Å². The van der Waals surface area contributed by atoms with Gasteiger partial charge in [-0.1, -0.05) is 36.4 Å². The number of amides is 1. The SMILES string of the molecule is CC(C)n1cnnc1-c1cccc(NC(=O)c2cc3c(cc2F)OC(CNCc2ccccc2)CO3)n1. The van der Waals surface area contributed by atoms with Gasteiger partial charge in [-0.05, 0) is 37.6 Å². The van der Waals surface area contributed by atoms with Crippen LogP contribution in [0.3, 0.4) is 0 Å². The first kappa shape index (κ1) is 24.4. The monoisotopic (exact) mass is 502 g/mol. The minimum Gasteiger partial charge on any atom is -0.486 e. The number of pyridine rings is 1. The Morgan fingerprint density at radius 2 is 1.97 bits per heavy atom. The molecule has 190 valence electrons. The largest absolute Gasteiger partial charge is 0.486 e. The number of anilines is 1. The van der Waals surface area contributed by atoms with E-state index in [1.165, 1.54) is 12.1 Å². The summed E-state index contributed by atoms with van der Waals surface area (Å²) in [4.78, 5) is 17.4. The Hall–Kier alpha value is -4.31. The van der Waals surface area contributed by atoms with E-state index in [1.54, 1.807) is 24.5 Å². The number of benzene rings is 2. The molecule has 2 aromatic heterocycles. The van der Waals surface area contributed by atoms with Crippen LogP contribution in [0.25, 0.3) is 11.5 Å². The van der Waals surface area contributed by atoms with E-state index >= 15 is 0 Å². The summed E-state index contributed by atoms with van der Waals surface area (Å²) in [6.45, 7) is 5.51. The van der Waals surface area contributed by atoms with Crippen molar-refractivity contribution in [2.24, 2.45) is 0 Å². The molecule has 4 aromatic rings. The van der Waals surface area contributed by atoms with Crippen molar-refractivity contribution in [1.29, 1.82) is 0 Å². The van der Waals surface area contributed by atoms with Gasteiger partial charge in [-0.3, -0.25) is 4.79 Å². The summed E-state index contributed by atoms with van der Waals surface area (Å²) >= 11 is 0. The first-order valence-corrected chi connectivity index (χ1v) is 12.0. The maximum Gasteiger partial charge on any atom is 0.259 e. The molecule has 5 rings (SSSR count). The number of halogens is 1. The van der Waals surface area contributed by atoms with Crippen molar-refractivity contribution in [2.45, 2.75) is 32.5 Å². The van der Waals surface area contributed by atoms with Crippen molar-refractivity contribution in [3.8, 4) is 23.0 Å². The highest BCUT2D eigenvalue weighted by molar-refractivity contribution is 6.04. The molecule has 1 unspecified atom stereocenters. The van der Waals surface area contributed by atoms with Crippen molar-refractivity contribution in [1.82, 2.24) is 25.1 Å². The fraction of sp³-hybridized carbons (Fsp3) is 0.259. The molecule has 0 radical (unpaired) electrons. The van der Waals surface area contributed by atoms with Crippen LogP contribution in [0.5, 0.6) is 11.5 Å². The van der Waals surface area contributed by atoms with Gasteiger partial charge in [0.2, 0.25) is 0 Å². The zero-order valence-corrected chi connectivity index (χ0v) is 20.5. The number of carbonyl (C=O) groups is 1. The Morgan fingerprint density at radius 3 is 2.78 bits per heavy atom. The van der Waals surface area contributed by atoms with E-state index < -0.39 is 11.7 Å². The van der Waals surface area contributed by atoms with Gasteiger partial charge in [-0.25, -0.2) is 9.37 Å². The summed E-state index contributed by atoms with van der Waals surface area (Å²) in [7, 11) is 0. The van der Waals surface area contributed by atoms with Crippen LogP contribution in [0.1, 0.15) is 35.8 Å². The van der Waals surface area contributed by atoms with E-state index in [0.717, 1.165) is 5.56 Å². The highest BCUT2D eigenvalue weighted by Crippen LogP contribution is 2.34. The molecule has 37 heavy (non-hydrogen) atoms. The number of fused-ring (bicyclic) bond motifs is 1. The number of hydrogen-bond donors (Lipinski definition) is 2. The minimum absolute atomic E-state index is 0.135. The third-order valence-electron chi connectivity index (χ3n) is 5.89. The molecule has 9 nitrogen and oxygen atoms in total. The quantitative estimate of drug-likeness (QED) is 0.371. The van der Waals surface area contributed by atoms with Gasteiger partial charge in [0.15, 0.2) is 17.3 Å². The second-order valence-corrected chi connectivity index (χ2v) is 8.96. The Morgan fingerprint density at radius 1 is 1.14 bits per heavy atom. The molecule has 0 saturated heterocycles. The Balaban J connectivity index is 1.24. The maximum atomic E-state index is 14.9. The van der Waals surface area contributed by atoms with E-state index in [0.29, 0.717) is 30.4 Å². The minimum atomic E-state index is -0.714. The van der Waals surface area contributed by atoms with Crippen molar-refractivity contribution < 1.29 is 18.7 Å². The van der Waals surface area contributed by atoms with Crippen LogP contribution < -0.4 is 20.1 Å². The fourth-order valence-electron chi connectivity index (χ4n) is 4.00. The summed E-state index contributed by atoms with van der Waals surface area (Å²) in [5, 5.41) is 14.1. The van der Waals surface area contributed by atoms with E-state index in [9.17, 15) is 9.18 Å². The Kier molecular flexibility index (Phi) is 7.09. The molecule has 10 heteroatoms. The van der Waals surface area contributed by atoms with Gasteiger partial charge < -0.3 is 24.7 Å². The lowest BCUT2D eigenvalue weighted by atomic mass is 10.1. The molecule has 2 N–H and O–H groups in total. The Bertz CT molecular complexity index is 1390. The summed E-state index contributed by atoms with van der Waals surface area (Å²) in [6, 6.07) is 17.8. The molecule has 0 spiro atoms. The Labute approximate surface area is 213 Å². The van der Waals surface area contributed by atoms with Crippen LogP contribution in [0.4, 0.5) is 10.2 Å². The van der Waals surface area contributed by atoms with Crippen molar-refractivity contribution in [3.05, 3.63) is 83.9 Å². The zero-order chi connectivity index (χ0) is 25.8. The molecule has 1 aliphatic heterocycles. The summed E-state index contributed by atoms with van der Waals surface area (Å²) < 4.78 is 28.5. The van der Waals surface area contributed by atoms with Crippen molar-refractivity contribution in [3.63, 3.8) is 0 Å². The van der Waals surface area contributed by atoms with E-state index in [-0.39, 0.29) is 35.9 Å². The summed E-state index contributed by atoms with van der Waals surface area (Å²) in [5.41, 5.74) is 1.53.